The predicted molar refractivity (Wildman–Crippen MR) is 88.2 cm³/mol. The van der Waals surface area contributed by atoms with Crippen molar-refractivity contribution in [2.45, 2.75) is 64.3 Å². The van der Waals surface area contributed by atoms with Gasteiger partial charge in [0.15, 0.2) is 0 Å². The first-order valence-electron chi connectivity index (χ1n) is 7.60. The molecule has 1 aromatic rings. The first-order valence-corrected chi connectivity index (χ1v) is 8.59. The van der Waals surface area contributed by atoms with Gasteiger partial charge in [-0.2, -0.15) is 0 Å². The van der Waals surface area contributed by atoms with Crippen LogP contribution in [0.5, 0.6) is 0 Å². The summed E-state index contributed by atoms with van der Waals surface area (Å²) in [5.74, 6) is 1.23. The van der Waals surface area contributed by atoms with Crippen molar-refractivity contribution in [3.63, 3.8) is 0 Å². The van der Waals surface area contributed by atoms with Crippen LogP contribution < -0.4 is 5.32 Å². The number of aryl methyl sites for hydroxylation is 2. The van der Waals surface area contributed by atoms with Crippen molar-refractivity contribution in [3.8, 4) is 0 Å². The van der Waals surface area contributed by atoms with Crippen molar-refractivity contribution in [2.75, 3.05) is 12.3 Å². The van der Waals surface area contributed by atoms with E-state index in [1.54, 1.807) is 0 Å². The minimum atomic E-state index is 0.708. The second kappa shape index (κ2) is 9.44. The molecule has 1 atom stereocenters. The maximum atomic E-state index is 3.63. The standard InChI is InChI=1S/C17H29NS/c1-5-11-18-16(6-2)8-7-12-19-17-10-9-14(3)13-15(17)4/h9-10,13,16,18H,5-8,11-12H2,1-4H3. The number of thioether (sulfide) groups is 1. The molecule has 0 amide bonds. The predicted octanol–water partition coefficient (Wildman–Crippen LogP) is 4.95. The van der Waals surface area contributed by atoms with Crippen molar-refractivity contribution < 1.29 is 0 Å². The van der Waals surface area contributed by atoms with Gasteiger partial charge in [0.25, 0.3) is 0 Å². The maximum absolute atomic E-state index is 3.63. The number of hydrogen-bond donors (Lipinski definition) is 1. The molecule has 1 nitrogen and oxygen atoms in total. The Kier molecular flexibility index (Phi) is 8.24. The summed E-state index contributed by atoms with van der Waals surface area (Å²) in [6, 6.07) is 7.47. The van der Waals surface area contributed by atoms with Crippen LogP contribution in [0.3, 0.4) is 0 Å². The summed E-state index contributed by atoms with van der Waals surface area (Å²) in [6.45, 7) is 10.0. The van der Waals surface area contributed by atoms with E-state index in [4.69, 9.17) is 0 Å². The number of nitrogens with one attached hydrogen (secondary N) is 1. The highest BCUT2D eigenvalue weighted by molar-refractivity contribution is 7.99. The number of benzene rings is 1. The summed E-state index contributed by atoms with van der Waals surface area (Å²) >= 11 is 2.00. The quantitative estimate of drug-likeness (QED) is 0.507. The molecule has 1 unspecified atom stereocenters. The molecule has 0 aromatic heterocycles. The molecule has 19 heavy (non-hydrogen) atoms. The molecule has 0 bridgehead atoms. The van der Waals surface area contributed by atoms with Gasteiger partial charge in [0.2, 0.25) is 0 Å². The molecular weight excluding hydrogens is 250 g/mol. The van der Waals surface area contributed by atoms with E-state index in [0.717, 1.165) is 6.54 Å². The van der Waals surface area contributed by atoms with E-state index in [9.17, 15) is 0 Å². The lowest BCUT2D eigenvalue weighted by molar-refractivity contribution is 0.465. The molecule has 108 valence electrons. The second-order valence-corrected chi connectivity index (χ2v) is 6.46. The molecule has 1 rings (SSSR count). The highest BCUT2D eigenvalue weighted by Crippen LogP contribution is 2.24. The highest BCUT2D eigenvalue weighted by Gasteiger charge is 2.05. The van der Waals surface area contributed by atoms with Crippen molar-refractivity contribution >= 4 is 11.8 Å². The summed E-state index contributed by atoms with van der Waals surface area (Å²) in [6.07, 6.45) is 5.07. The fraction of sp³-hybridized carbons (Fsp3) is 0.647. The molecule has 0 radical (unpaired) electrons. The van der Waals surface area contributed by atoms with Crippen LogP contribution in [-0.2, 0) is 0 Å². The van der Waals surface area contributed by atoms with Crippen molar-refractivity contribution in [1.29, 1.82) is 0 Å². The van der Waals surface area contributed by atoms with Gasteiger partial charge in [0, 0.05) is 10.9 Å². The van der Waals surface area contributed by atoms with E-state index in [2.05, 4.69) is 51.2 Å². The molecule has 0 saturated carbocycles. The van der Waals surface area contributed by atoms with Gasteiger partial charge < -0.3 is 5.32 Å². The largest absolute Gasteiger partial charge is 0.314 e. The molecule has 0 saturated heterocycles. The molecule has 2 heteroatoms. The van der Waals surface area contributed by atoms with Crippen LogP contribution in [0.2, 0.25) is 0 Å². The Balaban J connectivity index is 2.26. The smallest absolute Gasteiger partial charge is 0.0101 e. The summed E-state index contributed by atoms with van der Waals surface area (Å²) in [7, 11) is 0. The lowest BCUT2D eigenvalue weighted by atomic mass is 10.1. The van der Waals surface area contributed by atoms with Gasteiger partial charge in [-0.05, 0) is 63.5 Å². The van der Waals surface area contributed by atoms with Gasteiger partial charge in [-0.15, -0.1) is 11.8 Å². The fourth-order valence-electron chi connectivity index (χ4n) is 2.27. The van der Waals surface area contributed by atoms with Gasteiger partial charge >= 0.3 is 0 Å². The zero-order chi connectivity index (χ0) is 14.1. The average molecular weight is 279 g/mol. The first kappa shape index (κ1) is 16.6. The molecule has 1 aromatic carbocycles. The molecule has 0 aliphatic heterocycles. The van der Waals surface area contributed by atoms with Gasteiger partial charge in [-0.1, -0.05) is 31.5 Å². The lowest BCUT2D eigenvalue weighted by Crippen LogP contribution is -2.29. The first-order chi connectivity index (χ1) is 9.17. The Labute approximate surface area is 123 Å². The zero-order valence-corrected chi connectivity index (χ0v) is 13.8. The van der Waals surface area contributed by atoms with Gasteiger partial charge in [-0.3, -0.25) is 0 Å². The molecule has 0 aliphatic rings. The van der Waals surface area contributed by atoms with Gasteiger partial charge in [0.1, 0.15) is 0 Å². The zero-order valence-electron chi connectivity index (χ0n) is 13.0. The Morgan fingerprint density at radius 3 is 2.63 bits per heavy atom. The van der Waals surface area contributed by atoms with E-state index in [1.165, 1.54) is 47.5 Å². The normalized spacial score (nSPS) is 12.6. The topological polar surface area (TPSA) is 12.0 Å². The Hall–Kier alpha value is -0.470. The van der Waals surface area contributed by atoms with E-state index < -0.39 is 0 Å². The monoisotopic (exact) mass is 279 g/mol. The van der Waals surface area contributed by atoms with Crippen molar-refractivity contribution in [2.24, 2.45) is 0 Å². The Morgan fingerprint density at radius 1 is 1.21 bits per heavy atom. The van der Waals surface area contributed by atoms with Gasteiger partial charge in [-0.25, -0.2) is 0 Å². The van der Waals surface area contributed by atoms with Crippen molar-refractivity contribution in [1.82, 2.24) is 5.32 Å². The van der Waals surface area contributed by atoms with Crippen molar-refractivity contribution in [3.05, 3.63) is 29.3 Å². The summed E-state index contributed by atoms with van der Waals surface area (Å²) in [5, 5.41) is 3.63. The number of hydrogen-bond acceptors (Lipinski definition) is 2. The van der Waals surface area contributed by atoms with E-state index in [0.29, 0.717) is 6.04 Å². The minimum Gasteiger partial charge on any atom is -0.314 e. The Morgan fingerprint density at radius 2 is 2.00 bits per heavy atom. The van der Waals surface area contributed by atoms with E-state index in [-0.39, 0.29) is 0 Å². The molecule has 0 heterocycles. The van der Waals surface area contributed by atoms with Crippen LogP contribution in [0, 0.1) is 13.8 Å². The number of rotatable bonds is 9. The SMILES string of the molecule is CCCNC(CC)CCCSc1ccc(C)cc1C. The summed E-state index contributed by atoms with van der Waals surface area (Å²) < 4.78 is 0. The van der Waals surface area contributed by atoms with Crippen LogP contribution in [-0.4, -0.2) is 18.3 Å². The summed E-state index contributed by atoms with van der Waals surface area (Å²) in [4.78, 5) is 1.44. The van der Waals surface area contributed by atoms with Crippen LogP contribution in [0.1, 0.15) is 50.7 Å². The molecule has 0 spiro atoms. The van der Waals surface area contributed by atoms with Gasteiger partial charge in [0.05, 0.1) is 0 Å². The average Bonchev–Trinajstić information content (AvgIpc) is 2.40. The lowest BCUT2D eigenvalue weighted by Gasteiger charge is -2.16. The Bertz CT molecular complexity index is 362. The second-order valence-electron chi connectivity index (χ2n) is 5.32. The minimum absolute atomic E-state index is 0.708. The highest BCUT2D eigenvalue weighted by atomic mass is 32.2. The molecule has 1 N–H and O–H groups in total. The molecular formula is C17H29NS. The van der Waals surface area contributed by atoms with Crippen LogP contribution in [0.15, 0.2) is 23.1 Å². The van der Waals surface area contributed by atoms with Crippen LogP contribution in [0.4, 0.5) is 0 Å². The third kappa shape index (κ3) is 6.49. The third-order valence-corrected chi connectivity index (χ3v) is 4.72. The van der Waals surface area contributed by atoms with Crippen LogP contribution in [0.25, 0.3) is 0 Å². The van der Waals surface area contributed by atoms with E-state index >= 15 is 0 Å². The van der Waals surface area contributed by atoms with E-state index in [1.807, 2.05) is 11.8 Å². The maximum Gasteiger partial charge on any atom is 0.0101 e. The third-order valence-electron chi connectivity index (χ3n) is 3.46. The molecule has 0 aliphatic carbocycles. The van der Waals surface area contributed by atoms with Crippen LogP contribution >= 0.6 is 11.8 Å². The molecule has 0 fully saturated rings. The summed E-state index contributed by atoms with van der Waals surface area (Å²) in [5.41, 5.74) is 2.78. The fourth-order valence-corrected chi connectivity index (χ4v) is 3.25.